The predicted molar refractivity (Wildman–Crippen MR) is 85.2 cm³/mol. The van der Waals surface area contributed by atoms with Crippen molar-refractivity contribution >= 4 is 11.7 Å². The highest BCUT2D eigenvalue weighted by molar-refractivity contribution is 6.00. The molecule has 0 saturated heterocycles. The van der Waals surface area contributed by atoms with E-state index in [0.29, 0.717) is 17.6 Å². The minimum Gasteiger partial charge on any atom is -0.307 e. The molecule has 1 amide bonds. The number of carbonyl (C=O) groups excluding carboxylic acids is 2. The van der Waals surface area contributed by atoms with E-state index in [4.69, 9.17) is 0 Å². The summed E-state index contributed by atoms with van der Waals surface area (Å²) in [5.41, 5.74) is 2.22. The molecule has 0 N–H and O–H groups in total. The average molecular weight is 291 g/mol. The molecular formula is C19H17NO2. The molecule has 3 nitrogen and oxygen atoms in total. The van der Waals surface area contributed by atoms with Crippen LogP contribution >= 0.6 is 0 Å². The molecule has 1 aliphatic rings. The molecule has 1 heterocycles. The molecule has 0 fully saturated rings. The normalized spacial score (nSPS) is 18.0. The third kappa shape index (κ3) is 2.70. The summed E-state index contributed by atoms with van der Waals surface area (Å²) in [7, 11) is 0. The highest BCUT2D eigenvalue weighted by Crippen LogP contribution is 2.31. The van der Waals surface area contributed by atoms with Gasteiger partial charge < -0.3 is 4.90 Å². The van der Waals surface area contributed by atoms with Gasteiger partial charge in [-0.3, -0.25) is 9.59 Å². The summed E-state index contributed by atoms with van der Waals surface area (Å²) in [6.45, 7) is 1.76. The summed E-state index contributed by atoms with van der Waals surface area (Å²) in [5.74, 6) is 0.00673. The van der Waals surface area contributed by atoms with Gasteiger partial charge in [0.15, 0.2) is 5.78 Å². The largest absolute Gasteiger partial charge is 0.307 e. The molecule has 0 saturated carbocycles. The van der Waals surface area contributed by atoms with Crippen molar-refractivity contribution < 1.29 is 9.59 Å². The molecule has 2 aromatic rings. The summed E-state index contributed by atoms with van der Waals surface area (Å²) in [4.78, 5) is 26.6. The molecular weight excluding hydrogens is 274 g/mol. The maximum Gasteiger partial charge on any atom is 0.258 e. The van der Waals surface area contributed by atoms with Crippen LogP contribution in [0, 0.1) is 0 Å². The minimum atomic E-state index is -0.245. The molecule has 0 aliphatic carbocycles. The summed E-state index contributed by atoms with van der Waals surface area (Å²) < 4.78 is 0. The summed E-state index contributed by atoms with van der Waals surface area (Å²) >= 11 is 0. The molecule has 0 spiro atoms. The first-order valence-corrected chi connectivity index (χ1v) is 7.31. The Morgan fingerprint density at radius 2 is 1.59 bits per heavy atom. The van der Waals surface area contributed by atoms with Gasteiger partial charge in [-0.2, -0.15) is 0 Å². The first kappa shape index (κ1) is 14.3. The zero-order valence-electron chi connectivity index (χ0n) is 12.4. The van der Waals surface area contributed by atoms with Crippen LogP contribution in [0.1, 0.15) is 35.3 Å². The number of hydrogen-bond donors (Lipinski definition) is 0. The highest BCUT2D eigenvalue weighted by Gasteiger charge is 2.31. The summed E-state index contributed by atoms with van der Waals surface area (Å²) in [6, 6.07) is 18.6. The quantitative estimate of drug-likeness (QED) is 0.845. The van der Waals surface area contributed by atoms with E-state index in [1.165, 1.54) is 0 Å². The number of carbonyl (C=O) groups is 2. The molecule has 1 atom stereocenters. The van der Waals surface area contributed by atoms with Gasteiger partial charge in [0.2, 0.25) is 0 Å². The lowest BCUT2D eigenvalue weighted by Crippen LogP contribution is -2.35. The Kier molecular flexibility index (Phi) is 3.88. The average Bonchev–Trinajstić information content (AvgIpc) is 2.58. The highest BCUT2D eigenvalue weighted by atomic mass is 16.2. The van der Waals surface area contributed by atoms with E-state index < -0.39 is 0 Å². The van der Waals surface area contributed by atoms with Crippen LogP contribution in [0.5, 0.6) is 0 Å². The fourth-order valence-corrected chi connectivity index (χ4v) is 2.69. The number of nitrogens with zero attached hydrogens (tertiary/aromatic N) is 1. The van der Waals surface area contributed by atoms with Crippen molar-refractivity contribution in [2.75, 3.05) is 0 Å². The smallest absolute Gasteiger partial charge is 0.258 e. The number of Topliss-reactive ketones (excluding diaryl/α,β-unsaturated/α-hetero) is 1. The van der Waals surface area contributed by atoms with Crippen molar-refractivity contribution in [3.8, 4) is 0 Å². The van der Waals surface area contributed by atoms with E-state index in [0.717, 1.165) is 5.56 Å². The van der Waals surface area contributed by atoms with Gasteiger partial charge in [0.25, 0.3) is 5.91 Å². The van der Waals surface area contributed by atoms with E-state index in [1.54, 1.807) is 30.2 Å². The lowest BCUT2D eigenvalue weighted by atomic mass is 9.93. The first-order valence-electron chi connectivity index (χ1n) is 7.31. The van der Waals surface area contributed by atoms with Gasteiger partial charge in [-0.05, 0) is 24.6 Å². The zero-order valence-corrected chi connectivity index (χ0v) is 12.4. The Morgan fingerprint density at radius 3 is 2.23 bits per heavy atom. The molecule has 3 heteroatoms. The second-order valence-corrected chi connectivity index (χ2v) is 5.44. The summed E-state index contributed by atoms with van der Waals surface area (Å²) in [5, 5.41) is 0. The molecule has 0 unspecified atom stereocenters. The lowest BCUT2D eigenvalue weighted by molar-refractivity contribution is -0.117. The number of allylic oxidation sites excluding steroid dienone is 1. The Labute approximate surface area is 129 Å². The Balaban J connectivity index is 2.01. The Morgan fingerprint density at radius 1 is 1.00 bits per heavy atom. The van der Waals surface area contributed by atoms with Crippen molar-refractivity contribution in [2.45, 2.75) is 19.4 Å². The van der Waals surface area contributed by atoms with Crippen molar-refractivity contribution in [3.63, 3.8) is 0 Å². The van der Waals surface area contributed by atoms with Crippen LogP contribution in [0.2, 0.25) is 0 Å². The Bertz CT molecular complexity index is 720. The van der Waals surface area contributed by atoms with Gasteiger partial charge in [-0.25, -0.2) is 0 Å². The fraction of sp³-hybridized carbons (Fsp3) is 0.158. The van der Waals surface area contributed by atoms with Crippen molar-refractivity contribution in [3.05, 3.63) is 83.6 Å². The fourth-order valence-electron chi connectivity index (χ4n) is 2.69. The van der Waals surface area contributed by atoms with Crippen LogP contribution in [0.25, 0.3) is 0 Å². The van der Waals surface area contributed by atoms with E-state index in [9.17, 15) is 9.59 Å². The second kappa shape index (κ2) is 5.98. The van der Waals surface area contributed by atoms with Gasteiger partial charge >= 0.3 is 0 Å². The van der Waals surface area contributed by atoms with Crippen LogP contribution in [0.3, 0.4) is 0 Å². The van der Waals surface area contributed by atoms with Crippen LogP contribution in [-0.2, 0) is 4.79 Å². The number of benzene rings is 2. The maximum atomic E-state index is 12.8. The molecule has 0 aromatic heterocycles. The molecule has 22 heavy (non-hydrogen) atoms. The predicted octanol–water partition coefficient (Wildman–Crippen LogP) is 3.75. The van der Waals surface area contributed by atoms with Crippen molar-refractivity contribution in [1.82, 2.24) is 4.90 Å². The number of hydrogen-bond acceptors (Lipinski definition) is 2. The van der Waals surface area contributed by atoms with Gasteiger partial charge in [0.05, 0.1) is 6.04 Å². The number of rotatable bonds is 2. The summed E-state index contributed by atoms with van der Waals surface area (Å²) in [6.07, 6.45) is 2.00. The van der Waals surface area contributed by atoms with E-state index in [-0.39, 0.29) is 17.7 Å². The Hall–Kier alpha value is -2.68. The monoisotopic (exact) mass is 291 g/mol. The SMILES string of the molecule is CC1=CN(C(=O)c2ccccc2)[C@@H](c2ccccc2)CC1=O. The van der Waals surface area contributed by atoms with Crippen LogP contribution in [0.15, 0.2) is 72.4 Å². The van der Waals surface area contributed by atoms with E-state index >= 15 is 0 Å². The lowest BCUT2D eigenvalue weighted by Gasteiger charge is -2.33. The second-order valence-electron chi connectivity index (χ2n) is 5.44. The standard InChI is InChI=1S/C19H17NO2/c1-14-13-20(19(22)16-10-6-3-7-11-16)17(12-18(14)21)15-8-4-2-5-9-15/h2-11,13,17H,12H2,1H3/t17-/m1/s1. The first-order chi connectivity index (χ1) is 10.7. The van der Waals surface area contributed by atoms with Gasteiger partial charge in [0.1, 0.15) is 0 Å². The third-order valence-electron chi connectivity index (χ3n) is 3.93. The van der Waals surface area contributed by atoms with Gasteiger partial charge in [-0.15, -0.1) is 0 Å². The van der Waals surface area contributed by atoms with Crippen molar-refractivity contribution in [2.24, 2.45) is 0 Å². The van der Waals surface area contributed by atoms with Crippen LogP contribution < -0.4 is 0 Å². The molecule has 110 valence electrons. The van der Waals surface area contributed by atoms with Gasteiger partial charge in [-0.1, -0.05) is 48.5 Å². The van der Waals surface area contributed by atoms with E-state index in [1.807, 2.05) is 48.5 Å². The molecule has 2 aromatic carbocycles. The molecule has 0 radical (unpaired) electrons. The van der Waals surface area contributed by atoms with Crippen LogP contribution in [-0.4, -0.2) is 16.6 Å². The zero-order chi connectivity index (χ0) is 15.5. The topological polar surface area (TPSA) is 37.4 Å². The van der Waals surface area contributed by atoms with Crippen LogP contribution in [0.4, 0.5) is 0 Å². The molecule has 1 aliphatic heterocycles. The van der Waals surface area contributed by atoms with E-state index in [2.05, 4.69) is 0 Å². The number of ketones is 1. The number of amides is 1. The third-order valence-corrected chi connectivity index (χ3v) is 3.93. The van der Waals surface area contributed by atoms with Gasteiger partial charge in [0, 0.05) is 23.8 Å². The van der Waals surface area contributed by atoms with Crippen molar-refractivity contribution in [1.29, 1.82) is 0 Å². The minimum absolute atomic E-state index is 0.0821. The molecule has 3 rings (SSSR count). The molecule has 0 bridgehead atoms. The maximum absolute atomic E-state index is 12.8.